The Morgan fingerprint density at radius 3 is 2.77 bits per heavy atom. The third-order valence-electron chi connectivity index (χ3n) is 3.22. The van der Waals surface area contributed by atoms with Crippen molar-refractivity contribution in [3.8, 4) is 5.95 Å². The second kappa shape index (κ2) is 6.74. The maximum Gasteiger partial charge on any atom is 0.255 e. The lowest BCUT2D eigenvalue weighted by atomic mass is 10.3. The van der Waals surface area contributed by atoms with Crippen molar-refractivity contribution in [2.45, 2.75) is 33.6 Å². The van der Waals surface area contributed by atoms with Crippen LogP contribution in [0.4, 0.5) is 5.82 Å². The molecule has 2 heterocycles. The van der Waals surface area contributed by atoms with Crippen molar-refractivity contribution in [3.63, 3.8) is 0 Å². The fourth-order valence-corrected chi connectivity index (χ4v) is 2.05. The summed E-state index contributed by atoms with van der Waals surface area (Å²) < 4.78 is 1.42. The molecular weight excluding hydrogens is 306 g/mol. The maximum atomic E-state index is 11.9. The molecule has 118 valence electrons. The summed E-state index contributed by atoms with van der Waals surface area (Å²) >= 11 is 5.58. The summed E-state index contributed by atoms with van der Waals surface area (Å²) in [6.07, 6.45) is 0.920. The number of alkyl halides is 1. The van der Waals surface area contributed by atoms with Gasteiger partial charge in [-0.15, -0.1) is 11.6 Å². The van der Waals surface area contributed by atoms with Gasteiger partial charge in [0.05, 0.1) is 5.69 Å². The smallest absolute Gasteiger partial charge is 0.255 e. The SMILES string of the molecule is Cc1cc(NC(=O)CCCCl)n(-c2nc(C)c(C)c(=O)[nH]2)n1. The number of aromatic nitrogens is 4. The van der Waals surface area contributed by atoms with Crippen molar-refractivity contribution in [1.29, 1.82) is 0 Å². The van der Waals surface area contributed by atoms with E-state index < -0.39 is 0 Å². The summed E-state index contributed by atoms with van der Waals surface area (Å²) in [6, 6.07) is 1.72. The molecule has 2 aromatic heterocycles. The lowest BCUT2D eigenvalue weighted by Gasteiger charge is -2.09. The highest BCUT2D eigenvalue weighted by molar-refractivity contribution is 6.18. The van der Waals surface area contributed by atoms with Gasteiger partial charge in [0, 0.05) is 29.6 Å². The minimum Gasteiger partial charge on any atom is -0.310 e. The molecule has 2 aromatic rings. The molecule has 8 heteroatoms. The maximum absolute atomic E-state index is 11.9. The lowest BCUT2D eigenvalue weighted by molar-refractivity contribution is -0.116. The van der Waals surface area contributed by atoms with Crippen molar-refractivity contribution in [3.05, 3.63) is 33.4 Å². The predicted molar refractivity (Wildman–Crippen MR) is 84.8 cm³/mol. The number of nitrogens with one attached hydrogen (secondary N) is 2. The number of anilines is 1. The van der Waals surface area contributed by atoms with Crippen molar-refractivity contribution < 1.29 is 4.79 Å². The summed E-state index contributed by atoms with van der Waals surface area (Å²) in [4.78, 5) is 30.7. The number of hydrogen-bond acceptors (Lipinski definition) is 4. The van der Waals surface area contributed by atoms with Crippen molar-refractivity contribution >= 4 is 23.3 Å². The zero-order chi connectivity index (χ0) is 16.3. The molecule has 2 N–H and O–H groups in total. The van der Waals surface area contributed by atoms with E-state index in [1.54, 1.807) is 26.8 Å². The molecule has 0 aliphatic heterocycles. The van der Waals surface area contributed by atoms with Gasteiger partial charge in [0.1, 0.15) is 5.82 Å². The zero-order valence-electron chi connectivity index (χ0n) is 12.7. The monoisotopic (exact) mass is 323 g/mol. The first-order valence-electron chi connectivity index (χ1n) is 6.92. The van der Waals surface area contributed by atoms with E-state index in [0.29, 0.717) is 41.5 Å². The molecule has 0 bridgehead atoms. The van der Waals surface area contributed by atoms with Gasteiger partial charge in [-0.1, -0.05) is 0 Å². The molecule has 0 aliphatic carbocycles. The molecule has 0 radical (unpaired) electrons. The number of carbonyl (C=O) groups excluding carboxylic acids is 1. The van der Waals surface area contributed by atoms with Crippen LogP contribution in [0, 0.1) is 20.8 Å². The first-order valence-corrected chi connectivity index (χ1v) is 7.46. The van der Waals surface area contributed by atoms with E-state index in [1.807, 2.05) is 0 Å². The molecule has 0 spiro atoms. The molecule has 2 rings (SSSR count). The van der Waals surface area contributed by atoms with Crippen LogP contribution in [0.25, 0.3) is 5.95 Å². The lowest BCUT2D eigenvalue weighted by Crippen LogP contribution is -2.20. The first kappa shape index (κ1) is 16.2. The molecule has 0 aliphatic rings. The van der Waals surface area contributed by atoms with Gasteiger partial charge in [-0.2, -0.15) is 9.78 Å². The molecule has 0 unspecified atom stereocenters. The van der Waals surface area contributed by atoms with Crippen molar-refractivity contribution in [2.24, 2.45) is 0 Å². The third kappa shape index (κ3) is 3.54. The number of hydrogen-bond donors (Lipinski definition) is 2. The highest BCUT2D eigenvalue weighted by Crippen LogP contribution is 2.15. The number of nitrogens with zero attached hydrogens (tertiary/aromatic N) is 3. The van der Waals surface area contributed by atoms with Crippen LogP contribution in [0.3, 0.4) is 0 Å². The van der Waals surface area contributed by atoms with Gasteiger partial charge in [0.15, 0.2) is 0 Å². The minimum absolute atomic E-state index is 0.159. The topological polar surface area (TPSA) is 92.7 Å². The highest BCUT2D eigenvalue weighted by atomic mass is 35.5. The average molecular weight is 324 g/mol. The molecule has 22 heavy (non-hydrogen) atoms. The third-order valence-corrected chi connectivity index (χ3v) is 3.49. The molecule has 1 amide bonds. The van der Waals surface area contributed by atoms with Gasteiger partial charge in [-0.05, 0) is 27.2 Å². The van der Waals surface area contributed by atoms with E-state index in [9.17, 15) is 9.59 Å². The Morgan fingerprint density at radius 1 is 1.41 bits per heavy atom. The molecular formula is C14H18ClN5O2. The van der Waals surface area contributed by atoms with Crippen LogP contribution < -0.4 is 10.9 Å². The first-order chi connectivity index (χ1) is 10.4. The number of aromatic amines is 1. The van der Waals surface area contributed by atoms with Gasteiger partial charge in [-0.25, -0.2) is 4.98 Å². The van der Waals surface area contributed by atoms with Gasteiger partial charge in [0.25, 0.3) is 5.56 Å². The highest BCUT2D eigenvalue weighted by Gasteiger charge is 2.14. The van der Waals surface area contributed by atoms with Gasteiger partial charge < -0.3 is 5.32 Å². The van der Waals surface area contributed by atoms with E-state index in [2.05, 4.69) is 20.4 Å². The fourth-order valence-electron chi connectivity index (χ4n) is 1.91. The summed E-state index contributed by atoms with van der Waals surface area (Å²) in [6.45, 7) is 5.25. The van der Waals surface area contributed by atoms with Gasteiger partial charge in [0.2, 0.25) is 11.9 Å². The van der Waals surface area contributed by atoms with Gasteiger partial charge >= 0.3 is 0 Å². The molecule has 0 aromatic carbocycles. The Kier molecular flexibility index (Phi) is 4.97. The zero-order valence-corrected chi connectivity index (χ0v) is 13.5. The number of halogens is 1. The molecule has 7 nitrogen and oxygen atoms in total. The second-order valence-corrected chi connectivity index (χ2v) is 5.40. The van der Waals surface area contributed by atoms with Crippen LogP contribution in [-0.2, 0) is 4.79 Å². The van der Waals surface area contributed by atoms with Crippen LogP contribution in [0.5, 0.6) is 0 Å². The minimum atomic E-state index is -0.227. The Morgan fingerprint density at radius 2 is 2.14 bits per heavy atom. The number of aryl methyl sites for hydroxylation is 2. The normalized spacial score (nSPS) is 10.7. The predicted octanol–water partition coefficient (Wildman–Crippen LogP) is 1.84. The standard InChI is InChI=1S/C14H18ClN5O2/c1-8-7-11(17-12(21)5-4-6-15)20(19-8)14-16-10(3)9(2)13(22)18-14/h7H,4-6H2,1-3H3,(H,17,21)(H,16,18,22). The summed E-state index contributed by atoms with van der Waals surface area (Å²) in [5, 5.41) is 7.03. The Balaban J connectivity index is 2.36. The number of amides is 1. The summed E-state index contributed by atoms with van der Waals surface area (Å²) in [5.41, 5.74) is 1.65. The van der Waals surface area contributed by atoms with E-state index >= 15 is 0 Å². The summed E-state index contributed by atoms with van der Waals surface area (Å²) in [5.74, 6) is 1.00. The largest absolute Gasteiger partial charge is 0.310 e. The van der Waals surface area contributed by atoms with Crippen LogP contribution in [0.1, 0.15) is 29.8 Å². The number of H-pyrrole nitrogens is 1. The van der Waals surface area contributed by atoms with E-state index in [4.69, 9.17) is 11.6 Å². The fraction of sp³-hybridized carbons (Fsp3) is 0.429. The summed E-state index contributed by atoms with van der Waals surface area (Å²) in [7, 11) is 0. The Hall–Kier alpha value is -2.15. The Bertz CT molecular complexity index is 750. The van der Waals surface area contributed by atoms with E-state index in [0.717, 1.165) is 0 Å². The van der Waals surface area contributed by atoms with Crippen molar-refractivity contribution in [2.75, 3.05) is 11.2 Å². The van der Waals surface area contributed by atoms with Crippen LogP contribution in [0.15, 0.2) is 10.9 Å². The van der Waals surface area contributed by atoms with Crippen LogP contribution in [-0.4, -0.2) is 31.5 Å². The Labute approximate surface area is 132 Å². The number of rotatable bonds is 5. The van der Waals surface area contributed by atoms with E-state index in [1.165, 1.54) is 4.68 Å². The number of carbonyl (C=O) groups is 1. The van der Waals surface area contributed by atoms with Crippen LogP contribution >= 0.6 is 11.6 Å². The molecule has 0 saturated heterocycles. The molecule has 0 fully saturated rings. The van der Waals surface area contributed by atoms with E-state index in [-0.39, 0.29) is 17.4 Å². The average Bonchev–Trinajstić information content (AvgIpc) is 2.82. The van der Waals surface area contributed by atoms with Crippen LogP contribution in [0.2, 0.25) is 0 Å². The molecule has 0 saturated carbocycles. The quantitative estimate of drug-likeness (QED) is 0.821. The van der Waals surface area contributed by atoms with Crippen molar-refractivity contribution in [1.82, 2.24) is 19.7 Å². The van der Waals surface area contributed by atoms with Gasteiger partial charge in [-0.3, -0.25) is 14.6 Å². The second-order valence-electron chi connectivity index (χ2n) is 5.02. The molecule has 0 atom stereocenters.